The fourth-order valence-electron chi connectivity index (χ4n) is 2.25. The highest BCUT2D eigenvalue weighted by atomic mass is 35.5. The monoisotopic (exact) mass is 399 g/mol. The number of hydrogen-bond donors (Lipinski definition) is 0. The van der Waals surface area contributed by atoms with Crippen LogP contribution in [0.4, 0.5) is 18.9 Å². The number of alkyl halides is 3. The molecule has 0 saturated carbocycles. The van der Waals surface area contributed by atoms with Gasteiger partial charge in [-0.15, -0.1) is 0 Å². The number of thioether (sulfide) groups is 1. The van der Waals surface area contributed by atoms with E-state index in [2.05, 4.69) is 0 Å². The van der Waals surface area contributed by atoms with Crippen LogP contribution in [0.15, 0.2) is 53.4 Å². The summed E-state index contributed by atoms with van der Waals surface area (Å²) in [6, 6.07) is 11.5. The Bertz CT molecular complexity index is 895. The Labute approximate surface area is 156 Å². The highest BCUT2D eigenvalue weighted by Gasteiger charge is 2.36. The molecule has 1 fully saturated rings. The number of anilines is 1. The van der Waals surface area contributed by atoms with Crippen LogP contribution in [0.5, 0.6) is 0 Å². The number of carbonyl (C=O) groups is 1. The molecule has 2 nitrogen and oxygen atoms in total. The molecular weight excluding hydrogens is 391 g/mol. The van der Waals surface area contributed by atoms with Crippen molar-refractivity contribution in [2.75, 3.05) is 4.90 Å². The van der Waals surface area contributed by atoms with E-state index in [4.69, 9.17) is 23.8 Å². The Morgan fingerprint density at radius 3 is 2.52 bits per heavy atom. The van der Waals surface area contributed by atoms with Gasteiger partial charge in [-0.05, 0) is 35.9 Å². The number of amides is 1. The Morgan fingerprint density at radius 1 is 1.12 bits per heavy atom. The van der Waals surface area contributed by atoms with Gasteiger partial charge in [-0.25, -0.2) is 0 Å². The first-order valence-electron chi connectivity index (χ1n) is 6.97. The van der Waals surface area contributed by atoms with Gasteiger partial charge in [0.25, 0.3) is 5.91 Å². The quantitative estimate of drug-likeness (QED) is 0.472. The average molecular weight is 400 g/mol. The molecule has 0 spiro atoms. The van der Waals surface area contributed by atoms with E-state index in [9.17, 15) is 18.0 Å². The van der Waals surface area contributed by atoms with Crippen LogP contribution in [0, 0.1) is 0 Å². The van der Waals surface area contributed by atoms with E-state index in [1.807, 2.05) is 0 Å². The largest absolute Gasteiger partial charge is 0.416 e. The van der Waals surface area contributed by atoms with E-state index in [1.54, 1.807) is 30.3 Å². The van der Waals surface area contributed by atoms with Gasteiger partial charge in [0.1, 0.15) is 0 Å². The molecule has 1 aliphatic heterocycles. The smallest absolute Gasteiger partial charge is 0.268 e. The van der Waals surface area contributed by atoms with Gasteiger partial charge < -0.3 is 0 Å². The predicted molar refractivity (Wildman–Crippen MR) is 98.5 cm³/mol. The molecular formula is C17H9ClF3NOS2. The van der Waals surface area contributed by atoms with Gasteiger partial charge >= 0.3 is 6.18 Å². The molecule has 0 aliphatic carbocycles. The normalized spacial score (nSPS) is 16.8. The Hall–Kier alpha value is -1.83. The number of thiocarbonyl (C=S) groups is 1. The fourth-order valence-corrected chi connectivity index (χ4v) is 3.73. The summed E-state index contributed by atoms with van der Waals surface area (Å²) in [6.07, 6.45) is -2.92. The van der Waals surface area contributed by atoms with Crippen molar-refractivity contribution in [1.29, 1.82) is 0 Å². The second-order valence-electron chi connectivity index (χ2n) is 5.09. The van der Waals surface area contributed by atoms with Crippen molar-refractivity contribution in [2.45, 2.75) is 6.18 Å². The summed E-state index contributed by atoms with van der Waals surface area (Å²) in [4.78, 5) is 14.0. The van der Waals surface area contributed by atoms with Crippen molar-refractivity contribution in [1.82, 2.24) is 0 Å². The molecule has 0 unspecified atom stereocenters. The van der Waals surface area contributed by atoms with Gasteiger partial charge in [0, 0.05) is 5.02 Å². The van der Waals surface area contributed by atoms with Crippen LogP contribution in [0.1, 0.15) is 11.1 Å². The van der Waals surface area contributed by atoms with Crippen molar-refractivity contribution < 1.29 is 18.0 Å². The fraction of sp³-hybridized carbons (Fsp3) is 0.0588. The van der Waals surface area contributed by atoms with Crippen LogP contribution < -0.4 is 4.90 Å². The van der Waals surface area contributed by atoms with E-state index >= 15 is 0 Å². The van der Waals surface area contributed by atoms with Crippen molar-refractivity contribution in [3.63, 3.8) is 0 Å². The molecule has 0 N–H and O–H groups in total. The van der Waals surface area contributed by atoms with Crippen LogP contribution in [-0.4, -0.2) is 10.2 Å². The topological polar surface area (TPSA) is 20.3 Å². The number of carbonyl (C=O) groups excluding carboxylic acids is 1. The van der Waals surface area contributed by atoms with Gasteiger partial charge in [0.05, 0.1) is 16.2 Å². The predicted octanol–water partition coefficient (Wildman–Crippen LogP) is 5.76. The van der Waals surface area contributed by atoms with Crippen molar-refractivity contribution in [3.05, 3.63) is 69.6 Å². The Kier molecular flexibility index (Phi) is 4.90. The molecule has 2 aromatic carbocycles. The van der Waals surface area contributed by atoms with E-state index in [1.165, 1.54) is 12.1 Å². The van der Waals surface area contributed by atoms with Crippen molar-refractivity contribution in [2.24, 2.45) is 0 Å². The molecule has 0 bridgehead atoms. The number of rotatable bonds is 2. The van der Waals surface area contributed by atoms with Gasteiger partial charge in [0.2, 0.25) is 0 Å². The molecule has 0 radical (unpaired) electrons. The molecule has 1 aliphatic rings. The maximum atomic E-state index is 12.9. The standard InChI is InChI=1S/C17H9ClF3NOS2/c18-13-7-2-1-4-10(13)8-14-15(23)22(16(24)25-14)12-6-3-5-11(9-12)17(19,20)21/h1-9H/b14-8+. The number of hydrogen-bond acceptors (Lipinski definition) is 3. The van der Waals surface area contributed by atoms with E-state index in [0.29, 0.717) is 15.5 Å². The number of benzene rings is 2. The van der Waals surface area contributed by atoms with Crippen molar-refractivity contribution >= 4 is 57.6 Å². The van der Waals surface area contributed by atoms with E-state index < -0.39 is 17.6 Å². The number of halogens is 4. The summed E-state index contributed by atoms with van der Waals surface area (Å²) >= 11 is 12.3. The van der Waals surface area contributed by atoms with Crippen LogP contribution in [0.3, 0.4) is 0 Å². The summed E-state index contributed by atoms with van der Waals surface area (Å²) in [5.41, 5.74) is -0.122. The third kappa shape index (κ3) is 3.73. The van der Waals surface area contributed by atoms with Gasteiger partial charge in [0.15, 0.2) is 4.32 Å². The lowest BCUT2D eigenvalue weighted by molar-refractivity contribution is -0.137. The summed E-state index contributed by atoms with van der Waals surface area (Å²) in [6.45, 7) is 0. The Balaban J connectivity index is 1.96. The van der Waals surface area contributed by atoms with Gasteiger partial charge in [-0.2, -0.15) is 13.2 Å². The van der Waals surface area contributed by atoms with Crippen LogP contribution in [-0.2, 0) is 11.0 Å². The van der Waals surface area contributed by atoms with E-state index in [0.717, 1.165) is 28.8 Å². The van der Waals surface area contributed by atoms with Crippen LogP contribution >= 0.6 is 35.6 Å². The minimum Gasteiger partial charge on any atom is -0.268 e. The molecule has 0 aromatic heterocycles. The zero-order valence-corrected chi connectivity index (χ0v) is 14.8. The summed E-state index contributed by atoms with van der Waals surface area (Å²) in [7, 11) is 0. The maximum absolute atomic E-state index is 12.9. The van der Waals surface area contributed by atoms with Gasteiger partial charge in [-0.1, -0.05) is 59.8 Å². The second-order valence-corrected chi connectivity index (χ2v) is 7.17. The second kappa shape index (κ2) is 6.82. The first kappa shape index (κ1) is 18.0. The molecule has 1 saturated heterocycles. The summed E-state index contributed by atoms with van der Waals surface area (Å²) in [5.74, 6) is -0.478. The third-order valence-corrected chi connectivity index (χ3v) is 5.06. The van der Waals surface area contributed by atoms with Crippen LogP contribution in [0.25, 0.3) is 6.08 Å². The highest BCUT2D eigenvalue weighted by Crippen LogP contribution is 2.38. The molecule has 0 atom stereocenters. The third-order valence-electron chi connectivity index (χ3n) is 3.42. The molecule has 3 rings (SSSR count). The SMILES string of the molecule is O=C1/C(=C\c2ccccc2Cl)SC(=S)N1c1cccc(C(F)(F)F)c1. The molecule has 1 amide bonds. The maximum Gasteiger partial charge on any atom is 0.416 e. The van der Waals surface area contributed by atoms with E-state index in [-0.39, 0.29) is 10.0 Å². The molecule has 128 valence electrons. The lowest BCUT2D eigenvalue weighted by Gasteiger charge is -2.16. The zero-order valence-electron chi connectivity index (χ0n) is 12.4. The van der Waals surface area contributed by atoms with Crippen LogP contribution in [0.2, 0.25) is 5.02 Å². The lowest BCUT2D eigenvalue weighted by atomic mass is 10.1. The zero-order chi connectivity index (χ0) is 18.2. The number of nitrogens with zero attached hydrogens (tertiary/aromatic N) is 1. The average Bonchev–Trinajstić information content (AvgIpc) is 2.83. The Morgan fingerprint density at radius 2 is 1.84 bits per heavy atom. The molecule has 1 heterocycles. The molecule has 8 heteroatoms. The lowest BCUT2D eigenvalue weighted by Crippen LogP contribution is -2.27. The summed E-state index contributed by atoms with van der Waals surface area (Å²) in [5, 5.41) is 0.465. The van der Waals surface area contributed by atoms with Gasteiger partial charge in [-0.3, -0.25) is 9.69 Å². The first-order chi connectivity index (χ1) is 11.8. The first-order valence-corrected chi connectivity index (χ1v) is 8.57. The minimum absolute atomic E-state index is 0.0832. The van der Waals surface area contributed by atoms with Crippen molar-refractivity contribution in [3.8, 4) is 0 Å². The highest BCUT2D eigenvalue weighted by molar-refractivity contribution is 8.27. The minimum atomic E-state index is -4.50. The molecule has 25 heavy (non-hydrogen) atoms. The molecule has 2 aromatic rings. The summed E-state index contributed by atoms with van der Waals surface area (Å²) < 4.78 is 38.8.